The van der Waals surface area contributed by atoms with Gasteiger partial charge in [-0.2, -0.15) is 0 Å². The molecule has 1 aromatic heterocycles. The van der Waals surface area contributed by atoms with Gasteiger partial charge < -0.3 is 24.4 Å². The Morgan fingerprint density at radius 3 is 2.71 bits per heavy atom. The minimum Gasteiger partial charge on any atom is -0.479 e. The molecule has 0 saturated heterocycles. The molecule has 0 amide bonds. The number of hydrogen-bond acceptors (Lipinski definition) is 6. The summed E-state index contributed by atoms with van der Waals surface area (Å²) in [5, 5.41) is 3.50. The summed E-state index contributed by atoms with van der Waals surface area (Å²) >= 11 is 0. The predicted octanol–water partition coefficient (Wildman–Crippen LogP) is 1.76. The van der Waals surface area contributed by atoms with E-state index in [2.05, 4.69) is 10.3 Å². The Labute approximate surface area is 126 Å². The van der Waals surface area contributed by atoms with Crippen molar-refractivity contribution in [1.82, 2.24) is 4.98 Å². The third-order valence-corrected chi connectivity index (χ3v) is 3.80. The molecular formula is C15H25N3O3. The van der Waals surface area contributed by atoms with Crippen LogP contribution in [0.15, 0.2) is 12.3 Å². The lowest BCUT2D eigenvalue weighted by Gasteiger charge is -2.44. The van der Waals surface area contributed by atoms with Crippen molar-refractivity contribution in [2.45, 2.75) is 31.6 Å². The van der Waals surface area contributed by atoms with Crippen molar-refractivity contribution < 1.29 is 14.2 Å². The molecule has 6 nitrogen and oxygen atoms in total. The molecule has 118 valence electrons. The Bertz CT molecular complexity index is 467. The average molecular weight is 295 g/mol. The van der Waals surface area contributed by atoms with E-state index < -0.39 is 0 Å². The van der Waals surface area contributed by atoms with Gasteiger partial charge in [0.25, 0.3) is 0 Å². The molecule has 0 spiro atoms. The lowest BCUT2D eigenvalue weighted by molar-refractivity contribution is -0.118. The van der Waals surface area contributed by atoms with Gasteiger partial charge in [0.15, 0.2) is 0 Å². The first kappa shape index (κ1) is 15.9. The molecule has 1 saturated carbocycles. The Hall–Kier alpha value is -1.53. The fraction of sp³-hybridized carbons (Fsp3) is 0.667. The van der Waals surface area contributed by atoms with Gasteiger partial charge in [0.1, 0.15) is 11.8 Å². The van der Waals surface area contributed by atoms with Crippen LogP contribution in [0.1, 0.15) is 13.3 Å². The van der Waals surface area contributed by atoms with Crippen LogP contribution in [0.5, 0.6) is 5.88 Å². The number of pyridine rings is 1. The first-order valence-corrected chi connectivity index (χ1v) is 7.23. The molecule has 0 aliphatic heterocycles. The van der Waals surface area contributed by atoms with Crippen molar-refractivity contribution in [3.8, 4) is 5.88 Å². The van der Waals surface area contributed by atoms with Crippen LogP contribution in [0, 0.1) is 0 Å². The number of ether oxygens (including phenoxy) is 3. The highest BCUT2D eigenvalue weighted by Gasteiger charge is 2.42. The maximum atomic E-state index is 5.66. The van der Waals surface area contributed by atoms with Crippen LogP contribution >= 0.6 is 0 Å². The minimum absolute atomic E-state index is 0.0462. The van der Waals surface area contributed by atoms with Crippen molar-refractivity contribution in [2.75, 3.05) is 45.1 Å². The van der Waals surface area contributed by atoms with Crippen molar-refractivity contribution in [1.29, 1.82) is 0 Å². The summed E-state index contributed by atoms with van der Waals surface area (Å²) in [6, 6.07) is 2.16. The lowest BCUT2D eigenvalue weighted by Crippen LogP contribution is -2.57. The molecule has 1 aromatic rings. The van der Waals surface area contributed by atoms with Crippen molar-refractivity contribution in [3.63, 3.8) is 0 Å². The van der Waals surface area contributed by atoms with Gasteiger partial charge >= 0.3 is 0 Å². The Morgan fingerprint density at radius 2 is 2.14 bits per heavy atom. The molecule has 1 N–H and O–H groups in total. The summed E-state index contributed by atoms with van der Waals surface area (Å²) in [6.45, 7) is 2.71. The second kappa shape index (κ2) is 6.95. The summed E-state index contributed by atoms with van der Waals surface area (Å²) in [7, 11) is 7.34. The normalized spacial score (nSPS) is 24.3. The van der Waals surface area contributed by atoms with E-state index >= 15 is 0 Å². The zero-order chi connectivity index (χ0) is 15.4. The van der Waals surface area contributed by atoms with Crippen LogP contribution in [0.2, 0.25) is 0 Å². The first-order valence-electron chi connectivity index (χ1n) is 7.23. The van der Waals surface area contributed by atoms with Crippen LogP contribution in [0.3, 0.4) is 0 Å². The molecule has 6 heteroatoms. The van der Waals surface area contributed by atoms with E-state index in [1.54, 1.807) is 20.4 Å². The number of aromatic nitrogens is 1. The van der Waals surface area contributed by atoms with Crippen LogP contribution in [-0.4, -0.2) is 58.2 Å². The topological polar surface area (TPSA) is 55.9 Å². The van der Waals surface area contributed by atoms with Crippen LogP contribution in [0.4, 0.5) is 11.4 Å². The molecule has 3 unspecified atom stereocenters. The van der Waals surface area contributed by atoms with Gasteiger partial charge in [0.05, 0.1) is 24.9 Å². The Balaban J connectivity index is 2.16. The van der Waals surface area contributed by atoms with E-state index in [1.807, 2.05) is 32.0 Å². The maximum Gasteiger partial charge on any atom is 0.239 e. The number of hydrogen-bond donors (Lipinski definition) is 1. The monoisotopic (exact) mass is 295 g/mol. The third kappa shape index (κ3) is 3.22. The Morgan fingerprint density at radius 1 is 1.38 bits per heavy atom. The quantitative estimate of drug-likeness (QED) is 0.827. The van der Waals surface area contributed by atoms with E-state index in [0.29, 0.717) is 12.5 Å². The average Bonchev–Trinajstić information content (AvgIpc) is 2.46. The largest absolute Gasteiger partial charge is 0.479 e. The summed E-state index contributed by atoms with van der Waals surface area (Å²) in [5.74, 6) is 0.593. The number of rotatable bonds is 7. The highest BCUT2D eigenvalue weighted by molar-refractivity contribution is 5.74. The predicted molar refractivity (Wildman–Crippen MR) is 83.4 cm³/mol. The SMILES string of the molecule is CCOC1CC(Nc2c(N(C)C)ccnc2OC)C1OC. The highest BCUT2D eigenvalue weighted by atomic mass is 16.5. The summed E-state index contributed by atoms with van der Waals surface area (Å²) < 4.78 is 16.6. The number of nitrogens with zero attached hydrogens (tertiary/aromatic N) is 2. The van der Waals surface area contributed by atoms with Gasteiger partial charge in [0.2, 0.25) is 5.88 Å². The molecule has 1 aliphatic carbocycles. The standard InChI is InChI=1S/C15H25N3O3/c1-6-21-12-9-10(14(12)19-4)17-13-11(18(2)3)7-8-16-15(13)20-5/h7-8,10,12,14,17H,6,9H2,1-5H3. The number of anilines is 2. The van der Waals surface area contributed by atoms with Crippen LogP contribution in [-0.2, 0) is 9.47 Å². The second-order valence-electron chi connectivity index (χ2n) is 5.29. The zero-order valence-corrected chi connectivity index (χ0v) is 13.4. The lowest BCUT2D eigenvalue weighted by atomic mass is 9.85. The molecule has 1 fully saturated rings. The fourth-order valence-corrected chi connectivity index (χ4v) is 2.70. The van der Waals surface area contributed by atoms with Gasteiger partial charge in [-0.3, -0.25) is 0 Å². The molecule has 0 radical (unpaired) electrons. The summed E-state index contributed by atoms with van der Waals surface area (Å²) in [4.78, 5) is 6.31. The highest BCUT2D eigenvalue weighted by Crippen LogP contribution is 2.37. The molecule has 1 aliphatic rings. The summed E-state index contributed by atoms with van der Waals surface area (Å²) in [6.07, 6.45) is 2.86. The van der Waals surface area contributed by atoms with Crippen molar-refractivity contribution in [2.24, 2.45) is 0 Å². The van der Waals surface area contributed by atoms with Crippen LogP contribution in [0.25, 0.3) is 0 Å². The van der Waals surface area contributed by atoms with Gasteiger partial charge in [-0.05, 0) is 19.4 Å². The zero-order valence-electron chi connectivity index (χ0n) is 13.4. The van der Waals surface area contributed by atoms with E-state index in [9.17, 15) is 0 Å². The third-order valence-electron chi connectivity index (χ3n) is 3.80. The number of nitrogens with one attached hydrogen (secondary N) is 1. The van der Waals surface area contributed by atoms with Crippen molar-refractivity contribution >= 4 is 11.4 Å². The van der Waals surface area contributed by atoms with E-state index in [1.165, 1.54) is 0 Å². The van der Waals surface area contributed by atoms with E-state index in [0.717, 1.165) is 17.8 Å². The minimum atomic E-state index is 0.0462. The molecule has 0 aromatic carbocycles. The van der Waals surface area contributed by atoms with Crippen molar-refractivity contribution in [3.05, 3.63) is 12.3 Å². The fourth-order valence-electron chi connectivity index (χ4n) is 2.70. The van der Waals surface area contributed by atoms with E-state index in [4.69, 9.17) is 14.2 Å². The molecule has 1 heterocycles. The molecule has 2 rings (SSSR count). The Kier molecular flexibility index (Phi) is 5.25. The van der Waals surface area contributed by atoms with Crippen LogP contribution < -0.4 is 15.0 Å². The summed E-state index contributed by atoms with van der Waals surface area (Å²) in [5.41, 5.74) is 1.93. The van der Waals surface area contributed by atoms with Gasteiger partial charge in [-0.25, -0.2) is 4.98 Å². The van der Waals surface area contributed by atoms with Gasteiger partial charge in [-0.15, -0.1) is 0 Å². The molecular weight excluding hydrogens is 270 g/mol. The van der Waals surface area contributed by atoms with Gasteiger partial charge in [0, 0.05) is 34.0 Å². The smallest absolute Gasteiger partial charge is 0.239 e. The first-order chi connectivity index (χ1) is 10.1. The van der Waals surface area contributed by atoms with Gasteiger partial charge in [-0.1, -0.05) is 0 Å². The second-order valence-corrected chi connectivity index (χ2v) is 5.29. The molecule has 21 heavy (non-hydrogen) atoms. The maximum absolute atomic E-state index is 5.66. The number of methoxy groups -OCH3 is 2. The molecule has 0 bridgehead atoms. The molecule has 3 atom stereocenters. The van der Waals surface area contributed by atoms with E-state index in [-0.39, 0.29) is 18.2 Å².